The van der Waals surface area contributed by atoms with E-state index in [0.29, 0.717) is 17.0 Å². The Bertz CT molecular complexity index is 650. The van der Waals surface area contributed by atoms with Crippen LogP contribution in [-0.4, -0.2) is 45.6 Å². The number of benzene rings is 2. The van der Waals surface area contributed by atoms with Gasteiger partial charge in [-0.05, 0) is 52.3 Å². The van der Waals surface area contributed by atoms with Crippen molar-refractivity contribution in [3.8, 4) is 23.0 Å². The largest absolute Gasteiger partial charge is 0.497 e. The molecule has 2 rings (SSSR count). The van der Waals surface area contributed by atoms with Gasteiger partial charge in [0.15, 0.2) is 0 Å². The standard InChI is InChI=1S/C8H11BO4.C8H9BrO2/c1-12-6-3-4-8(13-2)7(5-6)9(10)11;1-10-6-3-4-8(11-2)7(9)5-6/h3-5,10-11H,1-2H3;3-5H,1-2H3. The zero-order valence-corrected chi connectivity index (χ0v) is 15.5. The molecule has 0 spiro atoms. The maximum atomic E-state index is 8.98. The van der Waals surface area contributed by atoms with E-state index < -0.39 is 7.12 Å². The fourth-order valence-electron chi connectivity index (χ4n) is 1.82. The van der Waals surface area contributed by atoms with Gasteiger partial charge < -0.3 is 29.0 Å². The van der Waals surface area contributed by atoms with Gasteiger partial charge in [0.05, 0.1) is 32.9 Å². The van der Waals surface area contributed by atoms with Crippen molar-refractivity contribution in [1.82, 2.24) is 0 Å². The van der Waals surface area contributed by atoms with Crippen LogP contribution < -0.4 is 24.4 Å². The fourth-order valence-corrected chi connectivity index (χ4v) is 2.33. The van der Waals surface area contributed by atoms with Crippen LogP contribution in [0.1, 0.15) is 0 Å². The van der Waals surface area contributed by atoms with Crippen molar-refractivity contribution in [3.63, 3.8) is 0 Å². The van der Waals surface area contributed by atoms with E-state index in [2.05, 4.69) is 15.9 Å². The van der Waals surface area contributed by atoms with Crippen molar-refractivity contribution < 1.29 is 29.0 Å². The first-order chi connectivity index (χ1) is 11.5. The molecule has 130 valence electrons. The Hall–Kier alpha value is -1.90. The van der Waals surface area contributed by atoms with Crippen molar-refractivity contribution in [3.05, 3.63) is 40.9 Å². The summed E-state index contributed by atoms with van der Waals surface area (Å²) in [5.74, 6) is 2.61. The molecule has 2 aromatic rings. The normalized spacial score (nSPS) is 9.46. The molecule has 0 atom stereocenters. The lowest BCUT2D eigenvalue weighted by Crippen LogP contribution is -2.31. The van der Waals surface area contributed by atoms with E-state index in [1.807, 2.05) is 18.2 Å². The Morgan fingerprint density at radius 1 is 0.750 bits per heavy atom. The Kier molecular flexibility index (Phi) is 8.46. The van der Waals surface area contributed by atoms with Crippen LogP contribution in [-0.2, 0) is 0 Å². The van der Waals surface area contributed by atoms with Gasteiger partial charge in [0.2, 0.25) is 0 Å². The number of hydrogen-bond acceptors (Lipinski definition) is 6. The summed E-state index contributed by atoms with van der Waals surface area (Å²) in [4.78, 5) is 0. The van der Waals surface area contributed by atoms with Crippen molar-refractivity contribution in [2.75, 3.05) is 28.4 Å². The van der Waals surface area contributed by atoms with E-state index in [-0.39, 0.29) is 0 Å². The van der Waals surface area contributed by atoms with Gasteiger partial charge in [-0.25, -0.2) is 0 Å². The SMILES string of the molecule is COc1ccc(OC)c(B(O)O)c1.COc1ccc(OC)c(Br)c1. The Morgan fingerprint density at radius 3 is 1.67 bits per heavy atom. The molecular weight excluding hydrogens is 379 g/mol. The summed E-state index contributed by atoms with van der Waals surface area (Å²) in [6.07, 6.45) is 0. The van der Waals surface area contributed by atoms with Crippen LogP contribution in [0.3, 0.4) is 0 Å². The lowest BCUT2D eigenvalue weighted by atomic mass is 9.79. The topological polar surface area (TPSA) is 77.4 Å². The molecule has 0 aliphatic carbocycles. The van der Waals surface area contributed by atoms with Gasteiger partial charge in [-0.2, -0.15) is 0 Å². The van der Waals surface area contributed by atoms with Crippen LogP contribution in [0.25, 0.3) is 0 Å². The van der Waals surface area contributed by atoms with Crippen LogP contribution >= 0.6 is 15.9 Å². The summed E-state index contributed by atoms with van der Waals surface area (Å²) in [6.45, 7) is 0. The summed E-state index contributed by atoms with van der Waals surface area (Å²) < 4.78 is 20.8. The Labute approximate surface area is 150 Å². The highest BCUT2D eigenvalue weighted by atomic mass is 79.9. The smallest absolute Gasteiger partial charge is 0.492 e. The van der Waals surface area contributed by atoms with Gasteiger partial charge in [-0.15, -0.1) is 0 Å². The summed E-state index contributed by atoms with van der Waals surface area (Å²) in [7, 11) is 4.69. The second kappa shape index (κ2) is 10.1. The highest BCUT2D eigenvalue weighted by Gasteiger charge is 2.17. The molecule has 8 heteroatoms. The van der Waals surface area contributed by atoms with Crippen molar-refractivity contribution in [2.24, 2.45) is 0 Å². The predicted molar refractivity (Wildman–Crippen MR) is 96.6 cm³/mol. The summed E-state index contributed by atoms with van der Waals surface area (Å²) in [5, 5.41) is 18.0. The van der Waals surface area contributed by atoms with E-state index >= 15 is 0 Å². The molecular formula is C16H20BBrO6. The maximum absolute atomic E-state index is 8.98. The van der Waals surface area contributed by atoms with Crippen LogP contribution in [0.15, 0.2) is 40.9 Å². The van der Waals surface area contributed by atoms with E-state index in [4.69, 9.17) is 29.0 Å². The highest BCUT2D eigenvalue weighted by molar-refractivity contribution is 9.10. The van der Waals surface area contributed by atoms with Crippen molar-refractivity contribution in [1.29, 1.82) is 0 Å². The summed E-state index contributed by atoms with van der Waals surface area (Å²) in [5.41, 5.74) is 0.293. The number of rotatable bonds is 5. The van der Waals surface area contributed by atoms with E-state index in [0.717, 1.165) is 16.0 Å². The molecule has 24 heavy (non-hydrogen) atoms. The molecule has 2 N–H and O–H groups in total. The Morgan fingerprint density at radius 2 is 1.25 bits per heavy atom. The summed E-state index contributed by atoms with van der Waals surface area (Å²) >= 11 is 3.34. The molecule has 0 unspecified atom stereocenters. The monoisotopic (exact) mass is 398 g/mol. The third kappa shape index (κ3) is 5.63. The minimum absolute atomic E-state index is 0.293. The van der Waals surface area contributed by atoms with E-state index in [9.17, 15) is 0 Å². The lowest BCUT2D eigenvalue weighted by molar-refractivity contribution is 0.395. The molecule has 0 saturated carbocycles. The third-order valence-electron chi connectivity index (χ3n) is 3.07. The van der Waals surface area contributed by atoms with Gasteiger partial charge >= 0.3 is 7.12 Å². The molecule has 0 bridgehead atoms. The second-order valence-electron chi connectivity index (χ2n) is 4.48. The molecule has 0 amide bonds. The van der Waals surface area contributed by atoms with E-state index in [1.165, 1.54) is 20.3 Å². The molecule has 0 fully saturated rings. The minimum atomic E-state index is -1.55. The van der Waals surface area contributed by atoms with Crippen LogP contribution in [0.4, 0.5) is 0 Å². The molecule has 2 aromatic carbocycles. The Balaban J connectivity index is 0.000000243. The quantitative estimate of drug-likeness (QED) is 0.748. The minimum Gasteiger partial charge on any atom is -0.497 e. The molecule has 0 radical (unpaired) electrons. The molecule has 0 aromatic heterocycles. The van der Waals surface area contributed by atoms with Gasteiger partial charge in [0, 0.05) is 5.46 Å². The first kappa shape index (κ1) is 20.2. The lowest BCUT2D eigenvalue weighted by Gasteiger charge is -2.08. The third-order valence-corrected chi connectivity index (χ3v) is 3.69. The van der Waals surface area contributed by atoms with Crippen LogP contribution in [0.5, 0.6) is 23.0 Å². The van der Waals surface area contributed by atoms with Gasteiger partial charge in [0.1, 0.15) is 23.0 Å². The van der Waals surface area contributed by atoms with E-state index in [1.54, 1.807) is 26.4 Å². The summed E-state index contributed by atoms with van der Waals surface area (Å²) in [6, 6.07) is 10.4. The second-order valence-corrected chi connectivity index (χ2v) is 5.34. The van der Waals surface area contributed by atoms with Crippen LogP contribution in [0, 0.1) is 0 Å². The average Bonchev–Trinajstić information content (AvgIpc) is 2.61. The van der Waals surface area contributed by atoms with Crippen LogP contribution in [0.2, 0.25) is 0 Å². The first-order valence-electron chi connectivity index (χ1n) is 6.92. The molecule has 0 saturated heterocycles. The molecule has 0 heterocycles. The molecule has 0 aliphatic rings. The predicted octanol–water partition coefficient (Wildman–Crippen LogP) is 1.85. The van der Waals surface area contributed by atoms with Crippen molar-refractivity contribution >= 4 is 28.5 Å². The average molecular weight is 399 g/mol. The van der Waals surface area contributed by atoms with Gasteiger partial charge in [0.25, 0.3) is 0 Å². The van der Waals surface area contributed by atoms with Gasteiger partial charge in [-0.3, -0.25) is 0 Å². The van der Waals surface area contributed by atoms with Crippen molar-refractivity contribution in [2.45, 2.75) is 0 Å². The zero-order valence-electron chi connectivity index (χ0n) is 13.9. The zero-order chi connectivity index (χ0) is 18.1. The molecule has 6 nitrogen and oxygen atoms in total. The van der Waals surface area contributed by atoms with Gasteiger partial charge in [-0.1, -0.05) is 0 Å². The molecule has 0 aliphatic heterocycles. The first-order valence-corrected chi connectivity index (χ1v) is 7.71. The number of halogens is 1. The number of hydrogen-bond donors (Lipinski definition) is 2. The maximum Gasteiger partial charge on any atom is 0.492 e. The number of methoxy groups -OCH3 is 4. The fraction of sp³-hybridized carbons (Fsp3) is 0.250. The highest BCUT2D eigenvalue weighted by Crippen LogP contribution is 2.28. The number of ether oxygens (including phenoxy) is 4.